The fourth-order valence-electron chi connectivity index (χ4n) is 4.78. The van der Waals surface area contributed by atoms with Gasteiger partial charge in [-0.05, 0) is 36.1 Å². The Kier molecular flexibility index (Phi) is 5.45. The summed E-state index contributed by atoms with van der Waals surface area (Å²) >= 11 is 0.525. The molecule has 2 aliphatic heterocycles. The fourth-order valence-corrected chi connectivity index (χ4v) is 5.80. The maximum absolute atomic E-state index is 13.7. The number of fused-ring (bicyclic) bond motifs is 2. The highest BCUT2D eigenvalue weighted by molar-refractivity contribution is 7.14. The van der Waals surface area contributed by atoms with Gasteiger partial charge in [0.25, 0.3) is 5.91 Å². The van der Waals surface area contributed by atoms with E-state index in [1.54, 1.807) is 35.2 Å². The molecule has 0 atom stereocenters. The van der Waals surface area contributed by atoms with E-state index >= 15 is 0 Å². The molecule has 1 spiro atoms. The number of halogens is 3. The minimum absolute atomic E-state index is 0.0531. The standard InChI is InChI=1S/C25H23F3N2O2S/c26-25(27,28)22-18(17-4-2-1-3-5-17)13-21(33-22)23(31)30-10-8-24(9-11-30)15-32-20-7-6-16(14-29)12-19(20)24/h1-7,12-13H,8-11,14-15,29H2. The molecule has 0 unspecified atom stereocenters. The van der Waals surface area contributed by atoms with Crippen molar-refractivity contribution in [3.63, 3.8) is 0 Å². The third kappa shape index (κ3) is 3.91. The number of nitrogens with two attached hydrogens (primary N) is 1. The topological polar surface area (TPSA) is 55.6 Å². The lowest BCUT2D eigenvalue weighted by Gasteiger charge is -2.38. The van der Waals surface area contributed by atoms with Crippen LogP contribution in [0.4, 0.5) is 13.2 Å². The van der Waals surface area contributed by atoms with Gasteiger partial charge in [0.15, 0.2) is 0 Å². The molecule has 3 aromatic rings. The second-order valence-electron chi connectivity index (χ2n) is 8.61. The van der Waals surface area contributed by atoms with E-state index in [2.05, 4.69) is 6.07 Å². The highest BCUT2D eigenvalue weighted by atomic mass is 32.1. The first-order chi connectivity index (χ1) is 15.8. The van der Waals surface area contributed by atoms with E-state index in [0.29, 0.717) is 56.0 Å². The Bertz CT molecular complexity index is 1180. The van der Waals surface area contributed by atoms with Gasteiger partial charge in [0.1, 0.15) is 10.6 Å². The largest absolute Gasteiger partial charge is 0.492 e. The number of carbonyl (C=O) groups is 1. The lowest BCUT2D eigenvalue weighted by atomic mass is 9.74. The Morgan fingerprint density at radius 3 is 2.48 bits per heavy atom. The Labute approximate surface area is 193 Å². The summed E-state index contributed by atoms with van der Waals surface area (Å²) in [6.45, 7) is 1.92. The van der Waals surface area contributed by atoms with Crippen LogP contribution >= 0.6 is 11.3 Å². The van der Waals surface area contributed by atoms with E-state index in [4.69, 9.17) is 10.5 Å². The van der Waals surface area contributed by atoms with Crippen LogP contribution in [0.15, 0.2) is 54.6 Å². The number of alkyl halides is 3. The van der Waals surface area contributed by atoms with Crippen molar-refractivity contribution < 1.29 is 22.7 Å². The van der Waals surface area contributed by atoms with Crippen LogP contribution in [0.3, 0.4) is 0 Å². The zero-order chi connectivity index (χ0) is 23.2. The predicted molar refractivity (Wildman–Crippen MR) is 121 cm³/mol. The maximum atomic E-state index is 13.7. The lowest BCUT2D eigenvalue weighted by Crippen LogP contribution is -2.45. The van der Waals surface area contributed by atoms with Gasteiger partial charge < -0.3 is 15.4 Å². The van der Waals surface area contributed by atoms with E-state index in [0.717, 1.165) is 16.9 Å². The van der Waals surface area contributed by atoms with Gasteiger partial charge in [-0.3, -0.25) is 4.79 Å². The van der Waals surface area contributed by atoms with Gasteiger partial charge in [0, 0.05) is 36.2 Å². The smallest absolute Gasteiger partial charge is 0.426 e. The number of benzene rings is 2. The summed E-state index contributed by atoms with van der Waals surface area (Å²) in [6.07, 6.45) is -3.13. The number of rotatable bonds is 3. The van der Waals surface area contributed by atoms with E-state index in [1.807, 2.05) is 12.1 Å². The van der Waals surface area contributed by atoms with Crippen molar-refractivity contribution in [1.82, 2.24) is 4.90 Å². The van der Waals surface area contributed by atoms with Crippen LogP contribution in [0.1, 0.15) is 38.5 Å². The number of carbonyl (C=O) groups excluding carboxylic acids is 1. The third-order valence-corrected chi connectivity index (χ3v) is 7.82. The summed E-state index contributed by atoms with van der Waals surface area (Å²) in [5.74, 6) is 0.505. The van der Waals surface area contributed by atoms with E-state index in [1.165, 1.54) is 6.07 Å². The Hall–Kier alpha value is -2.84. The minimum Gasteiger partial charge on any atom is -0.492 e. The van der Waals surface area contributed by atoms with Crippen molar-refractivity contribution in [3.05, 3.63) is 75.5 Å². The van der Waals surface area contributed by atoms with E-state index in [9.17, 15) is 18.0 Å². The second-order valence-corrected chi connectivity index (χ2v) is 9.67. The molecular formula is C25H23F3N2O2S. The highest BCUT2D eigenvalue weighted by Crippen LogP contribution is 2.47. The molecule has 2 N–H and O–H groups in total. The predicted octanol–water partition coefficient (Wildman–Crippen LogP) is 5.46. The van der Waals surface area contributed by atoms with Crippen LogP contribution < -0.4 is 10.5 Å². The number of amides is 1. The second kappa shape index (κ2) is 8.18. The SMILES string of the molecule is NCc1ccc2c(c1)C1(CCN(C(=O)c3cc(-c4ccccc4)c(C(F)(F)F)s3)CC1)CO2. The molecule has 1 saturated heterocycles. The van der Waals surface area contributed by atoms with E-state index in [-0.39, 0.29) is 21.8 Å². The number of likely N-dealkylation sites (tertiary alicyclic amines) is 1. The molecule has 33 heavy (non-hydrogen) atoms. The molecule has 1 aromatic heterocycles. The van der Waals surface area contributed by atoms with Crippen LogP contribution in [-0.4, -0.2) is 30.5 Å². The summed E-state index contributed by atoms with van der Waals surface area (Å²) < 4.78 is 47.1. The van der Waals surface area contributed by atoms with Gasteiger partial charge >= 0.3 is 6.18 Å². The molecule has 0 bridgehead atoms. The van der Waals surface area contributed by atoms with Gasteiger partial charge in [-0.2, -0.15) is 13.2 Å². The zero-order valence-electron chi connectivity index (χ0n) is 17.8. The Balaban J connectivity index is 1.38. The van der Waals surface area contributed by atoms with Gasteiger partial charge in [-0.15, -0.1) is 11.3 Å². The average molecular weight is 473 g/mol. The van der Waals surface area contributed by atoms with Crippen LogP contribution in [0.5, 0.6) is 5.75 Å². The highest BCUT2D eigenvalue weighted by Gasteiger charge is 2.44. The van der Waals surface area contributed by atoms with Crippen molar-refractivity contribution in [1.29, 1.82) is 0 Å². The first-order valence-corrected chi connectivity index (χ1v) is 11.6. The molecule has 0 saturated carbocycles. The van der Waals surface area contributed by atoms with Crippen molar-refractivity contribution in [2.45, 2.75) is 31.0 Å². The molecule has 3 heterocycles. The normalized spacial score (nSPS) is 17.2. The average Bonchev–Trinajstić information content (AvgIpc) is 3.43. The minimum atomic E-state index is -4.52. The molecule has 0 aliphatic carbocycles. The molecule has 1 fully saturated rings. The molecule has 8 heteroatoms. The summed E-state index contributed by atoms with van der Waals surface area (Å²) in [5, 5.41) is 0. The number of piperidine rings is 1. The summed E-state index contributed by atoms with van der Waals surface area (Å²) in [6, 6.07) is 15.8. The van der Waals surface area contributed by atoms with E-state index < -0.39 is 11.1 Å². The molecule has 2 aromatic carbocycles. The first kappa shape index (κ1) is 22.0. The van der Waals surface area contributed by atoms with Crippen molar-refractivity contribution in [2.24, 2.45) is 5.73 Å². The quantitative estimate of drug-likeness (QED) is 0.551. The zero-order valence-corrected chi connectivity index (χ0v) is 18.6. The monoisotopic (exact) mass is 472 g/mol. The summed E-state index contributed by atoms with van der Waals surface area (Å²) in [7, 11) is 0. The molecule has 0 radical (unpaired) electrons. The summed E-state index contributed by atoms with van der Waals surface area (Å²) in [5.41, 5.74) is 8.28. The summed E-state index contributed by atoms with van der Waals surface area (Å²) in [4.78, 5) is 14.2. The van der Waals surface area contributed by atoms with Crippen LogP contribution in [0, 0.1) is 0 Å². The number of hydrogen-bond donors (Lipinski definition) is 1. The number of ether oxygens (including phenoxy) is 1. The van der Waals surface area contributed by atoms with Gasteiger partial charge in [0.2, 0.25) is 0 Å². The molecule has 2 aliphatic rings. The van der Waals surface area contributed by atoms with Crippen molar-refractivity contribution >= 4 is 17.2 Å². The van der Waals surface area contributed by atoms with Crippen molar-refractivity contribution in [2.75, 3.05) is 19.7 Å². The Morgan fingerprint density at radius 2 is 1.82 bits per heavy atom. The molecule has 172 valence electrons. The number of nitrogens with zero attached hydrogens (tertiary/aromatic N) is 1. The lowest BCUT2D eigenvalue weighted by molar-refractivity contribution is -0.133. The number of hydrogen-bond acceptors (Lipinski definition) is 4. The molecule has 5 rings (SSSR count). The van der Waals surface area contributed by atoms with Crippen LogP contribution in [0.2, 0.25) is 0 Å². The van der Waals surface area contributed by atoms with Gasteiger partial charge in [-0.1, -0.05) is 42.5 Å². The fraction of sp³-hybridized carbons (Fsp3) is 0.320. The molecule has 4 nitrogen and oxygen atoms in total. The van der Waals surface area contributed by atoms with Gasteiger partial charge in [-0.25, -0.2) is 0 Å². The molecule has 1 amide bonds. The Morgan fingerprint density at radius 1 is 1.09 bits per heavy atom. The number of thiophene rings is 1. The van der Waals surface area contributed by atoms with Crippen LogP contribution in [-0.2, 0) is 18.1 Å². The van der Waals surface area contributed by atoms with Crippen LogP contribution in [0.25, 0.3) is 11.1 Å². The first-order valence-electron chi connectivity index (χ1n) is 10.8. The van der Waals surface area contributed by atoms with Gasteiger partial charge in [0.05, 0.1) is 11.5 Å². The maximum Gasteiger partial charge on any atom is 0.426 e. The molecular weight excluding hydrogens is 449 g/mol. The third-order valence-electron chi connectivity index (χ3n) is 6.65. The van der Waals surface area contributed by atoms with Crippen molar-refractivity contribution in [3.8, 4) is 16.9 Å².